The van der Waals surface area contributed by atoms with Gasteiger partial charge >= 0.3 is 0 Å². The lowest BCUT2D eigenvalue weighted by atomic mass is 10.1. The van der Waals surface area contributed by atoms with E-state index in [1.807, 2.05) is 0 Å². The summed E-state index contributed by atoms with van der Waals surface area (Å²) in [7, 11) is 1.78. The van der Waals surface area contributed by atoms with Crippen LogP contribution in [-0.4, -0.2) is 25.1 Å². The Hall–Kier alpha value is -1.46. The van der Waals surface area contributed by atoms with Gasteiger partial charge in [-0.25, -0.2) is 0 Å². The number of aryl methyl sites for hydroxylation is 1. The molecule has 1 unspecified atom stereocenters. The Morgan fingerprint density at radius 2 is 2.31 bits per heavy atom. The van der Waals surface area contributed by atoms with Crippen LogP contribution in [0.15, 0.2) is 24.5 Å². The standard InChI is InChI=1S/C10H11ClN4O/c1-15-6-8(13-14-15)4-10(16)9-3-2-7(11)5-12-9/h2-3,5-6,10,16H,4H2,1H3. The first-order valence-electron chi connectivity index (χ1n) is 4.80. The zero-order valence-electron chi connectivity index (χ0n) is 8.71. The van der Waals surface area contributed by atoms with Crippen molar-refractivity contribution in [3.63, 3.8) is 0 Å². The van der Waals surface area contributed by atoms with Gasteiger partial charge in [-0.1, -0.05) is 16.8 Å². The van der Waals surface area contributed by atoms with E-state index in [4.69, 9.17) is 11.6 Å². The molecule has 0 aliphatic heterocycles. The number of aromatic nitrogens is 4. The van der Waals surface area contributed by atoms with E-state index in [-0.39, 0.29) is 0 Å². The first kappa shape index (κ1) is 11.0. The van der Waals surface area contributed by atoms with Crippen molar-refractivity contribution in [3.8, 4) is 0 Å². The van der Waals surface area contributed by atoms with Crippen molar-refractivity contribution in [2.75, 3.05) is 0 Å². The smallest absolute Gasteiger partial charge is 0.102 e. The normalized spacial score (nSPS) is 12.7. The van der Waals surface area contributed by atoms with E-state index < -0.39 is 6.10 Å². The monoisotopic (exact) mass is 238 g/mol. The Morgan fingerprint density at radius 1 is 1.50 bits per heavy atom. The zero-order chi connectivity index (χ0) is 11.5. The maximum absolute atomic E-state index is 9.89. The van der Waals surface area contributed by atoms with Gasteiger partial charge in [-0.3, -0.25) is 9.67 Å². The van der Waals surface area contributed by atoms with E-state index >= 15 is 0 Å². The fourth-order valence-electron chi connectivity index (χ4n) is 1.38. The van der Waals surface area contributed by atoms with Crippen molar-refractivity contribution in [1.82, 2.24) is 20.0 Å². The molecule has 0 saturated heterocycles. The van der Waals surface area contributed by atoms with Gasteiger partial charge in [0, 0.05) is 25.9 Å². The van der Waals surface area contributed by atoms with E-state index in [1.165, 1.54) is 6.20 Å². The summed E-state index contributed by atoms with van der Waals surface area (Å²) in [6.07, 6.45) is 2.98. The molecule has 0 saturated carbocycles. The molecule has 0 fully saturated rings. The SMILES string of the molecule is Cn1cc(CC(O)c2ccc(Cl)cn2)nn1. The fraction of sp³-hybridized carbons (Fsp3) is 0.300. The molecule has 0 aliphatic carbocycles. The Labute approximate surface area is 97.7 Å². The quantitative estimate of drug-likeness (QED) is 0.871. The molecule has 0 aliphatic rings. The van der Waals surface area contributed by atoms with Crippen LogP contribution in [-0.2, 0) is 13.5 Å². The van der Waals surface area contributed by atoms with Crippen molar-refractivity contribution in [2.45, 2.75) is 12.5 Å². The second-order valence-corrected chi connectivity index (χ2v) is 3.94. The van der Waals surface area contributed by atoms with Crippen molar-refractivity contribution in [1.29, 1.82) is 0 Å². The summed E-state index contributed by atoms with van der Waals surface area (Å²) in [6.45, 7) is 0. The Kier molecular flexibility index (Phi) is 3.17. The first-order chi connectivity index (χ1) is 7.65. The number of aliphatic hydroxyl groups is 1. The van der Waals surface area contributed by atoms with E-state index in [1.54, 1.807) is 30.1 Å². The van der Waals surface area contributed by atoms with E-state index in [2.05, 4.69) is 15.3 Å². The van der Waals surface area contributed by atoms with Crippen LogP contribution in [0, 0.1) is 0 Å². The number of hydrogen-bond acceptors (Lipinski definition) is 4. The van der Waals surface area contributed by atoms with Crippen LogP contribution in [0.25, 0.3) is 0 Å². The number of hydrogen-bond donors (Lipinski definition) is 1. The predicted octanol–water partition coefficient (Wildman–Crippen LogP) is 1.14. The predicted molar refractivity (Wildman–Crippen MR) is 58.9 cm³/mol. The average molecular weight is 239 g/mol. The number of halogens is 1. The van der Waals surface area contributed by atoms with Crippen LogP contribution in [0.5, 0.6) is 0 Å². The molecule has 0 aromatic carbocycles. The number of aliphatic hydroxyl groups excluding tert-OH is 1. The number of rotatable bonds is 3. The summed E-state index contributed by atoms with van der Waals surface area (Å²) in [5, 5.41) is 18.1. The van der Waals surface area contributed by atoms with E-state index in [9.17, 15) is 5.11 Å². The molecule has 2 aromatic heterocycles. The summed E-state index contributed by atoms with van der Waals surface area (Å²) >= 11 is 5.71. The Bertz CT molecular complexity index is 468. The van der Waals surface area contributed by atoms with Crippen LogP contribution in [0.3, 0.4) is 0 Å². The van der Waals surface area contributed by atoms with E-state index in [0.29, 0.717) is 17.1 Å². The molecule has 0 amide bonds. The van der Waals surface area contributed by atoms with Crippen LogP contribution in [0.2, 0.25) is 5.02 Å². The zero-order valence-corrected chi connectivity index (χ0v) is 9.46. The highest BCUT2D eigenvalue weighted by atomic mass is 35.5. The fourth-order valence-corrected chi connectivity index (χ4v) is 1.49. The summed E-state index contributed by atoms with van der Waals surface area (Å²) in [6, 6.07) is 3.40. The highest BCUT2D eigenvalue weighted by Crippen LogP contribution is 2.16. The molecule has 2 rings (SSSR count). The molecule has 0 radical (unpaired) electrons. The van der Waals surface area contributed by atoms with Crippen molar-refractivity contribution in [2.24, 2.45) is 7.05 Å². The van der Waals surface area contributed by atoms with Gasteiger partial charge in [-0.2, -0.15) is 0 Å². The minimum absolute atomic E-state index is 0.391. The molecule has 6 heteroatoms. The molecule has 2 heterocycles. The Balaban J connectivity index is 2.08. The molecular weight excluding hydrogens is 228 g/mol. The molecule has 5 nitrogen and oxygen atoms in total. The van der Waals surface area contributed by atoms with Gasteiger partial charge in [0.05, 0.1) is 16.4 Å². The third-order valence-corrected chi connectivity index (χ3v) is 2.37. The third-order valence-electron chi connectivity index (χ3n) is 2.14. The molecular formula is C10H11ClN4O. The molecule has 0 spiro atoms. The molecule has 84 valence electrons. The van der Waals surface area contributed by atoms with Crippen LogP contribution < -0.4 is 0 Å². The summed E-state index contributed by atoms with van der Waals surface area (Å²) in [5.41, 5.74) is 1.31. The number of nitrogens with zero attached hydrogens (tertiary/aromatic N) is 4. The first-order valence-corrected chi connectivity index (χ1v) is 5.17. The van der Waals surface area contributed by atoms with Crippen molar-refractivity contribution in [3.05, 3.63) is 40.9 Å². The van der Waals surface area contributed by atoms with Crippen LogP contribution >= 0.6 is 11.6 Å². The second kappa shape index (κ2) is 4.59. The topological polar surface area (TPSA) is 63.8 Å². The maximum atomic E-state index is 9.89. The minimum Gasteiger partial charge on any atom is -0.386 e. The van der Waals surface area contributed by atoms with E-state index in [0.717, 1.165) is 5.69 Å². The van der Waals surface area contributed by atoms with Gasteiger partial charge in [-0.15, -0.1) is 5.10 Å². The van der Waals surface area contributed by atoms with Gasteiger partial charge in [-0.05, 0) is 12.1 Å². The minimum atomic E-state index is -0.686. The Morgan fingerprint density at radius 3 is 2.88 bits per heavy atom. The van der Waals surface area contributed by atoms with Crippen molar-refractivity contribution < 1.29 is 5.11 Å². The molecule has 16 heavy (non-hydrogen) atoms. The lowest BCUT2D eigenvalue weighted by Crippen LogP contribution is -2.04. The van der Waals surface area contributed by atoms with Gasteiger partial charge in [0.25, 0.3) is 0 Å². The largest absolute Gasteiger partial charge is 0.386 e. The maximum Gasteiger partial charge on any atom is 0.102 e. The highest BCUT2D eigenvalue weighted by Gasteiger charge is 2.11. The van der Waals surface area contributed by atoms with Crippen molar-refractivity contribution >= 4 is 11.6 Å². The van der Waals surface area contributed by atoms with Gasteiger partial charge in [0.2, 0.25) is 0 Å². The summed E-state index contributed by atoms with van der Waals surface area (Å²) in [4.78, 5) is 4.04. The molecule has 1 atom stereocenters. The average Bonchev–Trinajstić information content (AvgIpc) is 2.65. The molecule has 1 N–H and O–H groups in total. The lowest BCUT2D eigenvalue weighted by Gasteiger charge is -2.07. The number of pyridine rings is 1. The third kappa shape index (κ3) is 2.56. The van der Waals surface area contributed by atoms with Crippen LogP contribution in [0.4, 0.5) is 0 Å². The van der Waals surface area contributed by atoms with Gasteiger partial charge < -0.3 is 5.11 Å². The van der Waals surface area contributed by atoms with Gasteiger partial charge in [0.15, 0.2) is 0 Å². The highest BCUT2D eigenvalue weighted by molar-refractivity contribution is 6.30. The van der Waals surface area contributed by atoms with Crippen LogP contribution in [0.1, 0.15) is 17.5 Å². The van der Waals surface area contributed by atoms with Gasteiger partial charge in [0.1, 0.15) is 6.10 Å². The molecule has 0 bridgehead atoms. The second-order valence-electron chi connectivity index (χ2n) is 3.50. The molecule has 2 aromatic rings. The summed E-state index contributed by atoms with van der Waals surface area (Å²) < 4.78 is 1.59. The summed E-state index contributed by atoms with van der Waals surface area (Å²) in [5.74, 6) is 0. The lowest BCUT2D eigenvalue weighted by molar-refractivity contribution is 0.172.